The first-order chi connectivity index (χ1) is 15.3. The molecule has 0 radical (unpaired) electrons. The number of ketones is 1. The number of carbonyl (C=O) groups is 2. The van der Waals surface area contributed by atoms with Crippen LogP contribution in [0.25, 0.3) is 5.76 Å². The third-order valence-corrected chi connectivity index (χ3v) is 5.43. The highest BCUT2D eigenvalue weighted by Gasteiger charge is 2.45. The Morgan fingerprint density at radius 2 is 1.78 bits per heavy atom. The average molecular weight is 435 g/mol. The number of ether oxygens (including phenoxy) is 1. The fourth-order valence-electron chi connectivity index (χ4n) is 3.78. The van der Waals surface area contributed by atoms with E-state index in [1.165, 1.54) is 0 Å². The first kappa shape index (κ1) is 23.3. The van der Waals surface area contributed by atoms with E-state index in [1.54, 1.807) is 35.2 Å². The van der Waals surface area contributed by atoms with Crippen LogP contribution in [0.3, 0.4) is 0 Å². The van der Waals surface area contributed by atoms with Crippen LogP contribution in [-0.2, 0) is 9.59 Å². The molecule has 6 nitrogen and oxygen atoms in total. The van der Waals surface area contributed by atoms with Crippen LogP contribution in [0.1, 0.15) is 29.2 Å². The molecule has 1 fully saturated rings. The second-order valence-electron chi connectivity index (χ2n) is 8.18. The predicted octanol–water partition coefficient (Wildman–Crippen LogP) is 3.93. The van der Waals surface area contributed by atoms with Gasteiger partial charge in [0.05, 0.1) is 11.6 Å². The summed E-state index contributed by atoms with van der Waals surface area (Å²) >= 11 is 0. The zero-order valence-electron chi connectivity index (χ0n) is 18.9. The first-order valence-corrected chi connectivity index (χ1v) is 10.7. The molecule has 0 aliphatic carbocycles. The quantitative estimate of drug-likeness (QED) is 0.280. The SMILES string of the molecule is C=CCOc1ccc(/C(O)=C2/C(=O)C(=O)N(CCCN(C)C)C2c2ccc(C)cc2)cc1. The molecule has 2 aromatic rings. The number of amides is 1. The smallest absolute Gasteiger partial charge is 0.295 e. The van der Waals surface area contributed by atoms with Crippen LogP contribution in [0.2, 0.25) is 0 Å². The summed E-state index contributed by atoms with van der Waals surface area (Å²) in [6.45, 7) is 7.18. The number of nitrogens with zero attached hydrogens (tertiary/aromatic N) is 2. The molecule has 1 aliphatic heterocycles. The zero-order chi connectivity index (χ0) is 23.3. The van der Waals surface area contributed by atoms with Gasteiger partial charge in [-0.1, -0.05) is 42.5 Å². The number of Topliss-reactive ketones (excluding diaryl/α,β-unsaturated/α-hetero) is 1. The van der Waals surface area contributed by atoms with Crippen LogP contribution in [0.5, 0.6) is 5.75 Å². The summed E-state index contributed by atoms with van der Waals surface area (Å²) in [5, 5.41) is 11.1. The van der Waals surface area contributed by atoms with Crippen LogP contribution in [0.15, 0.2) is 66.8 Å². The minimum atomic E-state index is -0.662. The summed E-state index contributed by atoms with van der Waals surface area (Å²) in [7, 11) is 3.93. The van der Waals surface area contributed by atoms with E-state index >= 15 is 0 Å². The minimum Gasteiger partial charge on any atom is -0.507 e. The number of rotatable bonds is 9. The molecule has 0 aromatic heterocycles. The molecule has 2 aromatic carbocycles. The van der Waals surface area contributed by atoms with Crippen molar-refractivity contribution in [3.8, 4) is 5.75 Å². The van der Waals surface area contributed by atoms with Crippen LogP contribution in [-0.4, -0.2) is 60.4 Å². The number of hydrogen-bond donors (Lipinski definition) is 1. The topological polar surface area (TPSA) is 70.1 Å². The van der Waals surface area contributed by atoms with E-state index < -0.39 is 17.7 Å². The van der Waals surface area contributed by atoms with E-state index in [9.17, 15) is 14.7 Å². The van der Waals surface area contributed by atoms with Crippen molar-refractivity contribution in [2.75, 3.05) is 33.8 Å². The molecule has 0 bridgehead atoms. The van der Waals surface area contributed by atoms with E-state index in [-0.39, 0.29) is 11.3 Å². The van der Waals surface area contributed by atoms with Gasteiger partial charge in [-0.15, -0.1) is 0 Å². The molecule has 1 amide bonds. The fraction of sp³-hybridized carbons (Fsp3) is 0.308. The van der Waals surface area contributed by atoms with Crippen molar-refractivity contribution in [3.05, 3.63) is 83.4 Å². The Kier molecular flexibility index (Phi) is 7.49. The van der Waals surface area contributed by atoms with E-state index in [1.807, 2.05) is 50.2 Å². The van der Waals surface area contributed by atoms with Crippen LogP contribution in [0, 0.1) is 6.92 Å². The standard InChI is InChI=1S/C26H30N2O4/c1-5-17-32-21-13-11-20(12-14-21)24(29)22-23(19-9-7-18(2)8-10-19)28(26(31)25(22)30)16-6-15-27(3)4/h5,7-14,23,29H,1,6,15-17H2,2-4H3/b24-22-. The largest absolute Gasteiger partial charge is 0.507 e. The highest BCUT2D eigenvalue weighted by Crippen LogP contribution is 2.39. The highest BCUT2D eigenvalue weighted by atomic mass is 16.5. The summed E-state index contributed by atoms with van der Waals surface area (Å²) in [5.41, 5.74) is 2.45. The van der Waals surface area contributed by atoms with Gasteiger partial charge in [0.1, 0.15) is 18.1 Å². The van der Waals surface area contributed by atoms with Crippen molar-refractivity contribution < 1.29 is 19.4 Å². The van der Waals surface area contributed by atoms with Crippen LogP contribution >= 0.6 is 0 Å². The third kappa shape index (κ3) is 5.08. The van der Waals surface area contributed by atoms with Gasteiger partial charge in [0.2, 0.25) is 0 Å². The molecule has 168 valence electrons. The molecule has 0 spiro atoms. The van der Waals surface area contributed by atoms with Gasteiger partial charge in [-0.3, -0.25) is 9.59 Å². The molecule has 1 N–H and O–H groups in total. The highest BCUT2D eigenvalue weighted by molar-refractivity contribution is 6.46. The predicted molar refractivity (Wildman–Crippen MR) is 125 cm³/mol. The van der Waals surface area contributed by atoms with Gasteiger partial charge >= 0.3 is 0 Å². The third-order valence-electron chi connectivity index (χ3n) is 5.43. The normalized spacial score (nSPS) is 17.8. The Balaban J connectivity index is 2.02. The van der Waals surface area contributed by atoms with E-state index in [0.717, 1.165) is 24.1 Å². The average Bonchev–Trinajstić information content (AvgIpc) is 3.03. The first-order valence-electron chi connectivity index (χ1n) is 10.7. The minimum absolute atomic E-state index is 0.114. The number of carbonyl (C=O) groups excluding carboxylic acids is 2. The summed E-state index contributed by atoms with van der Waals surface area (Å²) in [6, 6.07) is 13.9. The lowest BCUT2D eigenvalue weighted by Crippen LogP contribution is -2.32. The van der Waals surface area contributed by atoms with Gasteiger partial charge < -0.3 is 19.6 Å². The summed E-state index contributed by atoms with van der Waals surface area (Å²) < 4.78 is 5.49. The van der Waals surface area contributed by atoms with Crippen molar-refractivity contribution in [2.24, 2.45) is 0 Å². The zero-order valence-corrected chi connectivity index (χ0v) is 18.9. The number of benzene rings is 2. The number of hydrogen-bond acceptors (Lipinski definition) is 5. The second-order valence-corrected chi connectivity index (χ2v) is 8.18. The van der Waals surface area contributed by atoms with Crippen LogP contribution in [0.4, 0.5) is 0 Å². The Bertz CT molecular complexity index is 1010. The van der Waals surface area contributed by atoms with E-state index in [4.69, 9.17) is 4.74 Å². The Morgan fingerprint density at radius 3 is 2.38 bits per heavy atom. The molecule has 1 aliphatic rings. The lowest BCUT2D eigenvalue weighted by atomic mass is 9.94. The molecule has 1 heterocycles. The van der Waals surface area contributed by atoms with Gasteiger partial charge in [0.15, 0.2) is 0 Å². The van der Waals surface area contributed by atoms with Gasteiger partial charge in [0.25, 0.3) is 11.7 Å². The van der Waals surface area contributed by atoms with Gasteiger partial charge in [-0.25, -0.2) is 0 Å². The van der Waals surface area contributed by atoms with Crippen LogP contribution < -0.4 is 4.74 Å². The van der Waals surface area contributed by atoms with Gasteiger partial charge in [0, 0.05) is 12.1 Å². The van der Waals surface area contributed by atoms with Crippen molar-refractivity contribution >= 4 is 17.4 Å². The molecule has 1 saturated heterocycles. The van der Waals surface area contributed by atoms with Crippen molar-refractivity contribution in [3.63, 3.8) is 0 Å². The molecule has 1 atom stereocenters. The Morgan fingerprint density at radius 1 is 1.12 bits per heavy atom. The summed E-state index contributed by atoms with van der Waals surface area (Å²) in [5.74, 6) is -0.799. The number of aliphatic hydroxyl groups excluding tert-OH is 1. The van der Waals surface area contributed by atoms with E-state index in [0.29, 0.717) is 24.5 Å². The maximum Gasteiger partial charge on any atom is 0.295 e. The Hall–Kier alpha value is -3.38. The van der Waals surface area contributed by atoms with Gasteiger partial charge in [-0.2, -0.15) is 0 Å². The lowest BCUT2D eigenvalue weighted by molar-refractivity contribution is -0.139. The summed E-state index contributed by atoms with van der Waals surface area (Å²) in [4.78, 5) is 29.6. The molecule has 32 heavy (non-hydrogen) atoms. The Labute approximate surface area is 189 Å². The van der Waals surface area contributed by atoms with Crippen molar-refractivity contribution in [1.29, 1.82) is 0 Å². The number of aliphatic hydroxyl groups is 1. The molecule has 6 heteroatoms. The van der Waals surface area contributed by atoms with Crippen molar-refractivity contribution in [2.45, 2.75) is 19.4 Å². The molecule has 3 rings (SSSR count). The number of likely N-dealkylation sites (tertiary alicyclic amines) is 1. The fourth-order valence-corrected chi connectivity index (χ4v) is 3.78. The maximum absolute atomic E-state index is 13.0. The molecule has 1 unspecified atom stereocenters. The molecular weight excluding hydrogens is 404 g/mol. The second kappa shape index (κ2) is 10.3. The van der Waals surface area contributed by atoms with E-state index in [2.05, 4.69) is 6.58 Å². The van der Waals surface area contributed by atoms with Crippen molar-refractivity contribution in [1.82, 2.24) is 9.80 Å². The molecular formula is C26H30N2O4. The maximum atomic E-state index is 13.0. The molecule has 0 saturated carbocycles. The monoisotopic (exact) mass is 434 g/mol. The number of aryl methyl sites for hydroxylation is 1. The van der Waals surface area contributed by atoms with Gasteiger partial charge in [-0.05, 0) is 63.8 Å². The summed E-state index contributed by atoms with van der Waals surface area (Å²) in [6.07, 6.45) is 2.37. The lowest BCUT2D eigenvalue weighted by Gasteiger charge is -2.26.